The van der Waals surface area contributed by atoms with Crippen molar-refractivity contribution in [1.82, 2.24) is 10.2 Å². The third-order valence-electron chi connectivity index (χ3n) is 6.40. The van der Waals surface area contributed by atoms with Crippen LogP contribution in [0.15, 0.2) is 48.5 Å². The number of hydrogen-bond acceptors (Lipinski definition) is 4. The minimum absolute atomic E-state index is 0.0214. The second kappa shape index (κ2) is 8.41. The predicted molar refractivity (Wildman–Crippen MR) is 115 cm³/mol. The van der Waals surface area contributed by atoms with Crippen molar-refractivity contribution in [2.24, 2.45) is 5.92 Å². The number of nitrogens with one attached hydrogen (secondary N) is 1. The second-order valence-electron chi connectivity index (χ2n) is 8.33. The SMILES string of the molecule is CC1CN(C(=O)C(CC(=O)O)NC(=O)OCC2c3ccccc3-c3ccccc32)C1C. The van der Waals surface area contributed by atoms with Crippen LogP contribution in [0.1, 0.15) is 37.3 Å². The summed E-state index contributed by atoms with van der Waals surface area (Å²) < 4.78 is 5.47. The van der Waals surface area contributed by atoms with Gasteiger partial charge in [0.1, 0.15) is 12.6 Å². The minimum Gasteiger partial charge on any atom is -0.481 e. The number of amides is 2. The maximum atomic E-state index is 12.7. The third kappa shape index (κ3) is 4.00. The van der Waals surface area contributed by atoms with Crippen LogP contribution in [-0.4, -0.2) is 53.2 Å². The molecule has 1 heterocycles. The van der Waals surface area contributed by atoms with E-state index in [0.717, 1.165) is 22.3 Å². The summed E-state index contributed by atoms with van der Waals surface area (Å²) >= 11 is 0. The number of hydrogen-bond donors (Lipinski definition) is 2. The first kappa shape index (κ1) is 20.9. The number of aliphatic carboxylic acids is 1. The quantitative estimate of drug-likeness (QED) is 0.745. The van der Waals surface area contributed by atoms with Crippen molar-refractivity contribution in [3.8, 4) is 11.1 Å². The smallest absolute Gasteiger partial charge is 0.407 e. The van der Waals surface area contributed by atoms with Crippen molar-refractivity contribution in [2.45, 2.75) is 38.3 Å². The molecule has 1 fully saturated rings. The zero-order valence-corrected chi connectivity index (χ0v) is 17.6. The van der Waals surface area contributed by atoms with Gasteiger partial charge in [-0.25, -0.2) is 4.79 Å². The molecule has 0 saturated carbocycles. The number of carbonyl (C=O) groups is 3. The highest BCUT2D eigenvalue weighted by Gasteiger charge is 2.40. The van der Waals surface area contributed by atoms with Gasteiger partial charge in [0.2, 0.25) is 5.91 Å². The van der Waals surface area contributed by atoms with Crippen LogP contribution in [-0.2, 0) is 14.3 Å². The van der Waals surface area contributed by atoms with Crippen molar-refractivity contribution in [3.63, 3.8) is 0 Å². The number of likely N-dealkylation sites (tertiary alicyclic amines) is 1. The van der Waals surface area contributed by atoms with E-state index in [1.165, 1.54) is 0 Å². The molecule has 1 saturated heterocycles. The summed E-state index contributed by atoms with van der Waals surface area (Å²) in [6, 6.07) is 14.9. The topological polar surface area (TPSA) is 95.9 Å². The van der Waals surface area contributed by atoms with Crippen molar-refractivity contribution in [1.29, 1.82) is 0 Å². The van der Waals surface area contributed by atoms with E-state index < -0.39 is 24.5 Å². The molecule has 2 aliphatic rings. The van der Waals surface area contributed by atoms with Crippen LogP contribution in [0.2, 0.25) is 0 Å². The lowest BCUT2D eigenvalue weighted by Gasteiger charge is -2.46. The molecular weight excluding hydrogens is 396 g/mol. The lowest BCUT2D eigenvalue weighted by molar-refractivity contribution is -0.148. The van der Waals surface area contributed by atoms with Gasteiger partial charge in [0.05, 0.1) is 6.42 Å². The van der Waals surface area contributed by atoms with Gasteiger partial charge >= 0.3 is 12.1 Å². The number of benzene rings is 2. The van der Waals surface area contributed by atoms with Crippen LogP contribution >= 0.6 is 0 Å². The summed E-state index contributed by atoms with van der Waals surface area (Å²) in [4.78, 5) is 38.1. The molecule has 1 aliphatic heterocycles. The van der Waals surface area contributed by atoms with E-state index in [9.17, 15) is 19.5 Å². The molecule has 1 aliphatic carbocycles. The van der Waals surface area contributed by atoms with Crippen molar-refractivity contribution in [2.75, 3.05) is 13.2 Å². The molecule has 3 unspecified atom stereocenters. The second-order valence-corrected chi connectivity index (χ2v) is 8.33. The van der Waals surface area contributed by atoms with Gasteiger partial charge < -0.3 is 20.1 Å². The lowest BCUT2D eigenvalue weighted by atomic mass is 9.91. The Labute approximate surface area is 181 Å². The highest BCUT2D eigenvalue weighted by Crippen LogP contribution is 2.44. The van der Waals surface area contributed by atoms with Gasteiger partial charge in [-0.2, -0.15) is 0 Å². The van der Waals surface area contributed by atoms with E-state index >= 15 is 0 Å². The number of ether oxygens (including phenoxy) is 1. The normalized spacial score (nSPS) is 20.3. The molecule has 2 aromatic rings. The summed E-state index contributed by atoms with van der Waals surface area (Å²) in [5.74, 6) is -1.30. The van der Waals surface area contributed by atoms with Gasteiger partial charge in [0.25, 0.3) is 0 Å². The first-order valence-electron chi connectivity index (χ1n) is 10.5. The minimum atomic E-state index is -1.15. The first-order chi connectivity index (χ1) is 14.9. The first-order valence-corrected chi connectivity index (χ1v) is 10.5. The zero-order chi connectivity index (χ0) is 22.1. The van der Waals surface area contributed by atoms with Gasteiger partial charge in [-0.3, -0.25) is 9.59 Å². The average Bonchev–Trinajstić information content (AvgIpc) is 3.08. The van der Waals surface area contributed by atoms with Crippen molar-refractivity contribution >= 4 is 18.0 Å². The summed E-state index contributed by atoms with van der Waals surface area (Å²) in [6.45, 7) is 4.60. The predicted octanol–water partition coefficient (Wildman–Crippen LogP) is 3.24. The van der Waals surface area contributed by atoms with Crippen LogP contribution in [0.3, 0.4) is 0 Å². The van der Waals surface area contributed by atoms with Crippen molar-refractivity contribution < 1.29 is 24.2 Å². The molecule has 7 nitrogen and oxygen atoms in total. The molecule has 0 radical (unpaired) electrons. The molecule has 0 aromatic heterocycles. The maximum Gasteiger partial charge on any atom is 0.407 e. The maximum absolute atomic E-state index is 12.7. The molecule has 2 N–H and O–H groups in total. The standard InChI is InChI=1S/C24H26N2O5/c1-14-12-26(15(14)2)23(29)21(11-22(27)28)25-24(30)31-13-20-18-9-5-3-7-16(18)17-8-4-6-10-19(17)20/h3-10,14-15,20-21H,11-13H2,1-2H3,(H,25,30)(H,27,28). The fourth-order valence-corrected chi connectivity index (χ4v) is 4.45. The Morgan fingerprint density at radius 2 is 1.65 bits per heavy atom. The van der Waals surface area contributed by atoms with E-state index in [4.69, 9.17) is 4.74 Å². The Hall–Kier alpha value is -3.35. The number of rotatable bonds is 6. The van der Waals surface area contributed by atoms with Crippen LogP contribution in [0.5, 0.6) is 0 Å². The lowest BCUT2D eigenvalue weighted by Crippen LogP contribution is -2.61. The molecule has 7 heteroatoms. The fraction of sp³-hybridized carbons (Fsp3) is 0.375. The Kier molecular flexibility index (Phi) is 5.67. The summed E-state index contributed by atoms with van der Waals surface area (Å²) in [5.41, 5.74) is 4.40. The van der Waals surface area contributed by atoms with E-state index in [1.807, 2.05) is 62.4 Å². The number of carboxylic acids is 1. The molecule has 3 atom stereocenters. The largest absolute Gasteiger partial charge is 0.481 e. The Morgan fingerprint density at radius 3 is 2.16 bits per heavy atom. The zero-order valence-electron chi connectivity index (χ0n) is 17.6. The highest BCUT2D eigenvalue weighted by molar-refractivity contribution is 5.90. The number of fused-ring (bicyclic) bond motifs is 3. The molecule has 2 amide bonds. The number of carbonyl (C=O) groups excluding carboxylic acids is 2. The fourth-order valence-electron chi connectivity index (χ4n) is 4.45. The van der Waals surface area contributed by atoms with Gasteiger partial charge in [-0.1, -0.05) is 55.5 Å². The third-order valence-corrected chi connectivity index (χ3v) is 6.40. The monoisotopic (exact) mass is 422 g/mol. The Balaban J connectivity index is 1.43. The van der Waals surface area contributed by atoms with Gasteiger partial charge in [0.15, 0.2) is 0 Å². The number of alkyl carbamates (subject to hydrolysis) is 1. The summed E-state index contributed by atoms with van der Waals surface area (Å²) in [5, 5.41) is 11.7. The van der Waals surface area contributed by atoms with Crippen LogP contribution in [0.25, 0.3) is 11.1 Å². The van der Waals surface area contributed by atoms with E-state index in [0.29, 0.717) is 12.5 Å². The average molecular weight is 422 g/mol. The molecule has 0 bridgehead atoms. The van der Waals surface area contributed by atoms with Crippen molar-refractivity contribution in [3.05, 3.63) is 59.7 Å². The van der Waals surface area contributed by atoms with Gasteiger partial charge in [0, 0.05) is 18.5 Å². The van der Waals surface area contributed by atoms with Crippen LogP contribution in [0.4, 0.5) is 4.79 Å². The molecular formula is C24H26N2O5. The van der Waals surface area contributed by atoms with E-state index in [1.54, 1.807) is 4.90 Å². The van der Waals surface area contributed by atoms with Crippen LogP contribution < -0.4 is 5.32 Å². The molecule has 31 heavy (non-hydrogen) atoms. The summed E-state index contributed by atoms with van der Waals surface area (Å²) in [6.07, 6.45) is -1.27. The number of carboxylic acid groups (broad SMARTS) is 1. The van der Waals surface area contributed by atoms with Gasteiger partial charge in [-0.15, -0.1) is 0 Å². The van der Waals surface area contributed by atoms with Crippen LogP contribution in [0, 0.1) is 5.92 Å². The molecule has 0 spiro atoms. The molecule has 2 aromatic carbocycles. The molecule has 162 valence electrons. The molecule has 4 rings (SSSR count). The Morgan fingerprint density at radius 1 is 1.06 bits per heavy atom. The van der Waals surface area contributed by atoms with E-state index in [2.05, 4.69) is 5.32 Å². The number of nitrogens with zero attached hydrogens (tertiary/aromatic N) is 1. The van der Waals surface area contributed by atoms with Gasteiger partial charge in [-0.05, 0) is 35.1 Å². The van der Waals surface area contributed by atoms with E-state index in [-0.39, 0.29) is 24.5 Å². The summed E-state index contributed by atoms with van der Waals surface area (Å²) in [7, 11) is 0. The Bertz CT molecular complexity index is 975. The highest BCUT2D eigenvalue weighted by atomic mass is 16.5.